The zero-order valence-electron chi connectivity index (χ0n) is 16.8. The van der Waals surface area contributed by atoms with Crippen molar-refractivity contribution in [3.63, 3.8) is 0 Å². The SMILES string of the molecule is CC(=O)N1CCC(Nc2ccc3c(=O)[nH]c(CSC4CCOCC4)nc3c2)CC1. The first kappa shape index (κ1) is 20.2. The van der Waals surface area contributed by atoms with Crippen LogP contribution in [0, 0.1) is 0 Å². The summed E-state index contributed by atoms with van der Waals surface area (Å²) in [5.74, 6) is 1.58. The number of H-pyrrole nitrogens is 1. The summed E-state index contributed by atoms with van der Waals surface area (Å²) in [5, 5.41) is 4.73. The zero-order chi connectivity index (χ0) is 20.2. The first-order chi connectivity index (χ1) is 14.1. The summed E-state index contributed by atoms with van der Waals surface area (Å²) in [6.45, 7) is 4.83. The summed E-state index contributed by atoms with van der Waals surface area (Å²) in [7, 11) is 0. The third kappa shape index (κ3) is 5.11. The Labute approximate surface area is 174 Å². The van der Waals surface area contributed by atoms with Gasteiger partial charge in [-0.2, -0.15) is 11.8 Å². The van der Waals surface area contributed by atoms with Crippen molar-refractivity contribution in [3.05, 3.63) is 34.4 Å². The molecule has 2 fully saturated rings. The van der Waals surface area contributed by atoms with Crippen molar-refractivity contribution in [1.82, 2.24) is 14.9 Å². The van der Waals surface area contributed by atoms with Gasteiger partial charge in [0.15, 0.2) is 0 Å². The highest BCUT2D eigenvalue weighted by molar-refractivity contribution is 7.99. The van der Waals surface area contributed by atoms with Crippen molar-refractivity contribution in [2.75, 3.05) is 31.6 Å². The van der Waals surface area contributed by atoms with Crippen LogP contribution in [0.4, 0.5) is 5.69 Å². The van der Waals surface area contributed by atoms with Gasteiger partial charge in [0.05, 0.1) is 16.7 Å². The highest BCUT2D eigenvalue weighted by atomic mass is 32.2. The molecule has 2 aromatic rings. The van der Waals surface area contributed by atoms with Crippen LogP contribution in [0.5, 0.6) is 0 Å². The predicted octanol–water partition coefficient (Wildman–Crippen LogP) is 2.76. The van der Waals surface area contributed by atoms with Gasteiger partial charge in [-0.1, -0.05) is 0 Å². The normalized spacial score (nSPS) is 18.9. The number of aromatic nitrogens is 2. The second kappa shape index (κ2) is 9.17. The molecule has 3 heterocycles. The maximum absolute atomic E-state index is 12.5. The van der Waals surface area contributed by atoms with Gasteiger partial charge < -0.3 is 19.9 Å². The van der Waals surface area contributed by atoms with Crippen molar-refractivity contribution >= 4 is 34.3 Å². The smallest absolute Gasteiger partial charge is 0.258 e. The van der Waals surface area contributed by atoms with E-state index in [1.165, 1.54) is 0 Å². The maximum atomic E-state index is 12.5. The van der Waals surface area contributed by atoms with Crippen LogP contribution in [0.15, 0.2) is 23.0 Å². The lowest BCUT2D eigenvalue weighted by molar-refractivity contribution is -0.129. The number of hydrogen-bond acceptors (Lipinski definition) is 6. The van der Waals surface area contributed by atoms with Crippen molar-refractivity contribution < 1.29 is 9.53 Å². The number of hydrogen-bond donors (Lipinski definition) is 2. The Hall–Kier alpha value is -2.06. The van der Waals surface area contributed by atoms with Crippen molar-refractivity contribution in [3.8, 4) is 0 Å². The van der Waals surface area contributed by atoms with Crippen LogP contribution in [0.1, 0.15) is 38.4 Å². The van der Waals surface area contributed by atoms with Crippen molar-refractivity contribution in [2.45, 2.75) is 49.7 Å². The van der Waals surface area contributed by atoms with Crippen LogP contribution in [-0.4, -0.2) is 58.4 Å². The number of nitrogens with zero attached hydrogens (tertiary/aromatic N) is 2. The molecule has 0 spiro atoms. The monoisotopic (exact) mass is 416 g/mol. The highest BCUT2D eigenvalue weighted by Crippen LogP contribution is 2.25. The third-order valence-corrected chi connectivity index (χ3v) is 7.07. The number of thioether (sulfide) groups is 1. The molecule has 0 aliphatic carbocycles. The number of amides is 1. The number of likely N-dealkylation sites (tertiary alicyclic amines) is 1. The summed E-state index contributed by atoms with van der Waals surface area (Å²) in [4.78, 5) is 33.5. The molecule has 4 rings (SSSR count). The number of carbonyl (C=O) groups is 1. The van der Waals surface area contributed by atoms with E-state index in [0.717, 1.165) is 69.0 Å². The van der Waals surface area contributed by atoms with Gasteiger partial charge >= 0.3 is 0 Å². The van der Waals surface area contributed by atoms with Gasteiger partial charge in [-0.25, -0.2) is 4.98 Å². The number of nitrogens with one attached hydrogen (secondary N) is 2. The van der Waals surface area contributed by atoms with Gasteiger partial charge in [0, 0.05) is 50.2 Å². The number of anilines is 1. The average molecular weight is 417 g/mol. The van der Waals surface area contributed by atoms with Crippen LogP contribution in [-0.2, 0) is 15.3 Å². The van der Waals surface area contributed by atoms with Gasteiger partial charge in [0.25, 0.3) is 5.56 Å². The van der Waals surface area contributed by atoms with E-state index in [-0.39, 0.29) is 11.5 Å². The minimum Gasteiger partial charge on any atom is -0.382 e. The Morgan fingerprint density at radius 2 is 2.03 bits per heavy atom. The van der Waals surface area contributed by atoms with Crippen molar-refractivity contribution in [1.29, 1.82) is 0 Å². The van der Waals surface area contributed by atoms with Crippen LogP contribution in [0.2, 0.25) is 0 Å². The predicted molar refractivity (Wildman–Crippen MR) is 116 cm³/mol. The Balaban J connectivity index is 1.43. The molecule has 0 bridgehead atoms. The van der Waals surface area contributed by atoms with Crippen LogP contribution in [0.3, 0.4) is 0 Å². The molecule has 2 saturated heterocycles. The first-order valence-electron chi connectivity index (χ1n) is 10.3. The lowest BCUT2D eigenvalue weighted by Gasteiger charge is -2.32. The number of benzene rings is 1. The lowest BCUT2D eigenvalue weighted by atomic mass is 10.0. The molecule has 2 N–H and O–H groups in total. The van der Waals surface area contributed by atoms with Gasteiger partial charge in [-0.15, -0.1) is 0 Å². The second-order valence-corrected chi connectivity index (χ2v) is 9.08. The molecular weight excluding hydrogens is 388 g/mol. The molecule has 0 saturated carbocycles. The Bertz CT molecular complexity index is 918. The maximum Gasteiger partial charge on any atom is 0.258 e. The quantitative estimate of drug-likeness (QED) is 0.779. The summed E-state index contributed by atoms with van der Waals surface area (Å²) < 4.78 is 5.41. The minimum absolute atomic E-state index is 0.0844. The van der Waals surface area contributed by atoms with E-state index in [2.05, 4.69) is 10.3 Å². The number of piperidine rings is 1. The lowest BCUT2D eigenvalue weighted by Crippen LogP contribution is -2.41. The number of ether oxygens (including phenoxy) is 1. The largest absolute Gasteiger partial charge is 0.382 e. The molecule has 0 radical (unpaired) electrons. The fourth-order valence-corrected chi connectivity index (χ4v) is 5.02. The zero-order valence-corrected chi connectivity index (χ0v) is 17.6. The first-order valence-corrected chi connectivity index (χ1v) is 11.4. The van der Waals surface area contributed by atoms with Crippen LogP contribution in [0.25, 0.3) is 10.9 Å². The summed E-state index contributed by atoms with van der Waals surface area (Å²) in [5.41, 5.74) is 1.61. The molecule has 7 nitrogen and oxygen atoms in total. The van der Waals surface area contributed by atoms with E-state index in [0.29, 0.717) is 22.4 Å². The van der Waals surface area contributed by atoms with E-state index >= 15 is 0 Å². The van der Waals surface area contributed by atoms with Gasteiger partial charge in [-0.3, -0.25) is 9.59 Å². The van der Waals surface area contributed by atoms with Crippen molar-refractivity contribution in [2.24, 2.45) is 0 Å². The Morgan fingerprint density at radius 1 is 1.28 bits per heavy atom. The molecule has 1 aromatic heterocycles. The second-order valence-electron chi connectivity index (χ2n) is 7.79. The molecule has 2 aliphatic heterocycles. The van der Waals surface area contributed by atoms with Gasteiger partial charge in [-0.05, 0) is 43.9 Å². The fourth-order valence-electron chi connectivity index (χ4n) is 3.96. The molecule has 0 atom stereocenters. The number of fused-ring (bicyclic) bond motifs is 1. The molecule has 1 aromatic carbocycles. The van der Waals surface area contributed by atoms with Crippen LogP contribution < -0.4 is 10.9 Å². The minimum atomic E-state index is -0.0844. The van der Waals surface area contributed by atoms with E-state index in [1.807, 2.05) is 34.9 Å². The Kier molecular flexibility index (Phi) is 6.40. The molecular formula is C21H28N4O3S. The standard InChI is InChI=1S/C21H28N4O3S/c1-14(26)25-8-4-15(5-9-25)22-16-2-3-18-19(12-16)23-20(24-21(18)27)13-29-17-6-10-28-11-7-17/h2-3,12,15,17,22H,4-11,13H2,1H3,(H,23,24,27). The Morgan fingerprint density at radius 3 is 2.76 bits per heavy atom. The summed E-state index contributed by atoms with van der Waals surface area (Å²) >= 11 is 1.84. The molecule has 0 unspecified atom stereocenters. The van der Waals surface area contributed by atoms with Gasteiger partial charge in [0.1, 0.15) is 5.82 Å². The van der Waals surface area contributed by atoms with Crippen LogP contribution >= 0.6 is 11.8 Å². The summed E-state index contributed by atoms with van der Waals surface area (Å²) in [6.07, 6.45) is 3.96. The molecule has 156 valence electrons. The molecule has 29 heavy (non-hydrogen) atoms. The third-order valence-electron chi connectivity index (χ3n) is 5.69. The fraction of sp³-hybridized carbons (Fsp3) is 0.571. The van der Waals surface area contributed by atoms with E-state index in [4.69, 9.17) is 9.72 Å². The topological polar surface area (TPSA) is 87.3 Å². The number of rotatable bonds is 5. The molecule has 2 aliphatic rings. The van der Waals surface area contributed by atoms with Gasteiger partial charge in [0.2, 0.25) is 5.91 Å². The average Bonchev–Trinajstić information content (AvgIpc) is 2.73. The number of carbonyl (C=O) groups excluding carboxylic acids is 1. The highest BCUT2D eigenvalue weighted by Gasteiger charge is 2.20. The number of aromatic amines is 1. The molecule has 8 heteroatoms. The van der Waals surface area contributed by atoms with E-state index in [1.54, 1.807) is 6.92 Å². The summed E-state index contributed by atoms with van der Waals surface area (Å²) in [6, 6.07) is 6.06. The van der Waals surface area contributed by atoms with E-state index < -0.39 is 0 Å². The van der Waals surface area contributed by atoms with E-state index in [9.17, 15) is 9.59 Å². The molecule has 1 amide bonds.